The summed E-state index contributed by atoms with van der Waals surface area (Å²) in [5.41, 5.74) is -0.349. The number of phenols is 1. The van der Waals surface area contributed by atoms with Crippen molar-refractivity contribution in [3.05, 3.63) is 53.3 Å². The quantitative estimate of drug-likeness (QED) is 0.757. The fourth-order valence-corrected chi connectivity index (χ4v) is 2.60. The molecule has 0 fully saturated rings. The second kappa shape index (κ2) is 7.56. The molecule has 0 bridgehead atoms. The highest BCUT2D eigenvalue weighted by Gasteiger charge is 2.27. The first kappa shape index (κ1) is 19.2. The van der Waals surface area contributed by atoms with Crippen LogP contribution < -0.4 is 15.4 Å². The molecule has 1 aliphatic heterocycles. The van der Waals surface area contributed by atoms with Crippen molar-refractivity contribution in [2.75, 3.05) is 13.1 Å². The van der Waals surface area contributed by atoms with Gasteiger partial charge in [-0.1, -0.05) is 26.0 Å². The fourth-order valence-electron chi connectivity index (χ4n) is 2.60. The Hall–Kier alpha value is -3.60. The summed E-state index contributed by atoms with van der Waals surface area (Å²) in [6.07, 6.45) is 0. The molecular weight excluding hydrogens is 363 g/mol. The smallest absolute Gasteiger partial charge is 0.265 e. The van der Waals surface area contributed by atoms with E-state index in [4.69, 9.17) is 4.74 Å². The lowest BCUT2D eigenvalue weighted by atomic mass is 9.93. The number of ether oxygens (including phenoxy) is 1. The maximum absolute atomic E-state index is 14.0. The number of para-hydroxylation sites is 1. The van der Waals surface area contributed by atoms with Crippen molar-refractivity contribution in [3.8, 4) is 23.3 Å². The molecule has 0 saturated heterocycles. The van der Waals surface area contributed by atoms with E-state index in [9.17, 15) is 19.6 Å². The number of nitrogens with one attached hydrogen (secondary N) is 2. The number of carbonyl (C=O) groups excluding carboxylic acids is 1. The Labute approximate surface area is 161 Å². The van der Waals surface area contributed by atoms with E-state index in [1.807, 2.05) is 19.9 Å². The van der Waals surface area contributed by atoms with E-state index in [0.717, 1.165) is 0 Å². The minimum atomic E-state index is -0.730. The molecule has 1 amide bonds. The SMILES string of the molecule is CC1(C)CN=C(NC(=O)c2c(O)ccc(C#N)c2Oc2ccccc2F)NC1. The van der Waals surface area contributed by atoms with E-state index in [1.165, 1.54) is 30.3 Å². The van der Waals surface area contributed by atoms with Crippen LogP contribution in [0, 0.1) is 22.6 Å². The van der Waals surface area contributed by atoms with Crippen LogP contribution in [-0.4, -0.2) is 30.1 Å². The van der Waals surface area contributed by atoms with Crippen LogP contribution in [0.25, 0.3) is 0 Å². The van der Waals surface area contributed by atoms with E-state index in [0.29, 0.717) is 13.1 Å². The van der Waals surface area contributed by atoms with Gasteiger partial charge in [-0.15, -0.1) is 0 Å². The molecule has 0 aliphatic carbocycles. The fraction of sp³-hybridized carbons (Fsp3) is 0.250. The van der Waals surface area contributed by atoms with Crippen molar-refractivity contribution < 1.29 is 19.0 Å². The zero-order valence-corrected chi connectivity index (χ0v) is 15.4. The molecule has 2 aromatic rings. The van der Waals surface area contributed by atoms with Crippen LogP contribution in [0.1, 0.15) is 29.8 Å². The summed E-state index contributed by atoms with van der Waals surface area (Å²) in [7, 11) is 0. The normalized spacial score (nSPS) is 15.0. The summed E-state index contributed by atoms with van der Waals surface area (Å²) in [5.74, 6) is -1.95. The number of amides is 1. The Morgan fingerprint density at radius 1 is 1.36 bits per heavy atom. The second-order valence-electron chi connectivity index (χ2n) is 7.12. The molecule has 28 heavy (non-hydrogen) atoms. The number of rotatable bonds is 3. The average molecular weight is 382 g/mol. The van der Waals surface area contributed by atoms with Crippen molar-refractivity contribution in [3.63, 3.8) is 0 Å². The lowest BCUT2D eigenvalue weighted by molar-refractivity contribution is 0.0969. The van der Waals surface area contributed by atoms with Crippen LogP contribution in [0.2, 0.25) is 0 Å². The zero-order chi connectivity index (χ0) is 20.3. The van der Waals surface area contributed by atoms with Crippen molar-refractivity contribution in [1.29, 1.82) is 5.26 Å². The monoisotopic (exact) mass is 382 g/mol. The van der Waals surface area contributed by atoms with Gasteiger partial charge in [-0.05, 0) is 24.3 Å². The van der Waals surface area contributed by atoms with Crippen molar-refractivity contribution in [1.82, 2.24) is 10.6 Å². The van der Waals surface area contributed by atoms with Gasteiger partial charge >= 0.3 is 0 Å². The number of hydrogen-bond donors (Lipinski definition) is 3. The third kappa shape index (κ3) is 4.04. The van der Waals surface area contributed by atoms with Gasteiger partial charge in [0.05, 0.1) is 5.56 Å². The topological polar surface area (TPSA) is 107 Å². The zero-order valence-electron chi connectivity index (χ0n) is 15.4. The first-order chi connectivity index (χ1) is 13.3. The summed E-state index contributed by atoms with van der Waals surface area (Å²) in [6.45, 7) is 5.18. The van der Waals surface area contributed by atoms with Gasteiger partial charge in [0, 0.05) is 18.5 Å². The number of halogens is 1. The Bertz CT molecular complexity index is 995. The van der Waals surface area contributed by atoms with Crippen LogP contribution in [0.4, 0.5) is 4.39 Å². The highest BCUT2D eigenvalue weighted by Crippen LogP contribution is 2.35. The molecule has 3 N–H and O–H groups in total. The number of carbonyl (C=O) groups is 1. The molecule has 0 radical (unpaired) electrons. The number of nitriles is 1. The van der Waals surface area contributed by atoms with Crippen LogP contribution >= 0.6 is 0 Å². The summed E-state index contributed by atoms with van der Waals surface area (Å²) in [4.78, 5) is 17.1. The molecule has 7 nitrogen and oxygen atoms in total. The summed E-state index contributed by atoms with van der Waals surface area (Å²) >= 11 is 0. The maximum Gasteiger partial charge on any atom is 0.265 e. The Morgan fingerprint density at radius 2 is 2.11 bits per heavy atom. The molecule has 8 heteroatoms. The molecule has 0 aromatic heterocycles. The molecule has 2 aromatic carbocycles. The maximum atomic E-state index is 14.0. The second-order valence-corrected chi connectivity index (χ2v) is 7.12. The first-order valence-electron chi connectivity index (χ1n) is 8.59. The van der Waals surface area contributed by atoms with Gasteiger partial charge in [-0.3, -0.25) is 15.1 Å². The number of guanidine groups is 1. The van der Waals surface area contributed by atoms with Gasteiger partial charge in [-0.2, -0.15) is 5.26 Å². The van der Waals surface area contributed by atoms with Gasteiger partial charge in [0.15, 0.2) is 23.3 Å². The van der Waals surface area contributed by atoms with Gasteiger partial charge in [-0.25, -0.2) is 4.39 Å². The van der Waals surface area contributed by atoms with E-state index in [-0.39, 0.29) is 34.0 Å². The molecule has 3 rings (SSSR count). The predicted octanol–water partition coefficient (Wildman–Crippen LogP) is 2.91. The molecule has 144 valence electrons. The molecule has 1 aliphatic rings. The van der Waals surface area contributed by atoms with Crippen molar-refractivity contribution in [2.45, 2.75) is 13.8 Å². The highest BCUT2D eigenvalue weighted by molar-refractivity contribution is 6.09. The molecule has 0 spiro atoms. The molecule has 0 saturated carbocycles. The van der Waals surface area contributed by atoms with Crippen molar-refractivity contribution in [2.24, 2.45) is 10.4 Å². The third-order valence-corrected chi connectivity index (χ3v) is 4.16. The lowest BCUT2D eigenvalue weighted by Gasteiger charge is -2.29. The van der Waals surface area contributed by atoms with Crippen LogP contribution in [0.15, 0.2) is 41.4 Å². The Balaban J connectivity index is 1.96. The molecule has 0 unspecified atom stereocenters. The van der Waals surface area contributed by atoms with Crippen LogP contribution in [-0.2, 0) is 0 Å². The Morgan fingerprint density at radius 3 is 2.75 bits per heavy atom. The number of nitrogens with zero attached hydrogens (tertiary/aromatic N) is 2. The predicted molar refractivity (Wildman–Crippen MR) is 101 cm³/mol. The average Bonchev–Trinajstić information content (AvgIpc) is 2.65. The highest BCUT2D eigenvalue weighted by atomic mass is 19.1. The minimum absolute atomic E-state index is 0.0223. The largest absolute Gasteiger partial charge is 0.507 e. The van der Waals surface area contributed by atoms with Gasteiger partial charge < -0.3 is 15.2 Å². The van der Waals surface area contributed by atoms with Gasteiger partial charge in [0.1, 0.15) is 17.4 Å². The van der Waals surface area contributed by atoms with E-state index >= 15 is 0 Å². The van der Waals surface area contributed by atoms with Gasteiger partial charge in [0.25, 0.3) is 5.91 Å². The number of aromatic hydroxyl groups is 1. The number of benzene rings is 2. The van der Waals surface area contributed by atoms with E-state index < -0.39 is 17.5 Å². The summed E-state index contributed by atoms with van der Waals surface area (Å²) in [5, 5.41) is 25.2. The van der Waals surface area contributed by atoms with E-state index in [1.54, 1.807) is 6.07 Å². The lowest BCUT2D eigenvalue weighted by Crippen LogP contribution is -2.49. The standard InChI is InChI=1S/C20H19FN4O3/c1-20(2)10-23-19(24-11-20)25-18(27)16-14(26)8-7-12(9-22)17(16)28-15-6-4-3-5-13(15)21/h3-8,26H,10-11H2,1-2H3,(H2,23,24,25,27). The molecular formula is C20H19FN4O3. The number of phenolic OH excluding ortho intramolecular Hbond substituents is 1. The van der Waals surface area contributed by atoms with Crippen LogP contribution in [0.3, 0.4) is 0 Å². The summed E-state index contributed by atoms with van der Waals surface area (Å²) < 4.78 is 19.5. The van der Waals surface area contributed by atoms with Gasteiger partial charge in [0.2, 0.25) is 0 Å². The minimum Gasteiger partial charge on any atom is -0.507 e. The van der Waals surface area contributed by atoms with E-state index in [2.05, 4.69) is 15.6 Å². The molecule has 0 atom stereocenters. The first-order valence-corrected chi connectivity index (χ1v) is 8.59. The number of hydrogen-bond acceptors (Lipinski definition) is 6. The molecule has 1 heterocycles. The van der Waals surface area contributed by atoms with Crippen molar-refractivity contribution >= 4 is 11.9 Å². The summed E-state index contributed by atoms with van der Waals surface area (Å²) in [6, 6.07) is 9.97. The number of aliphatic imine (C=N–C) groups is 1. The third-order valence-electron chi connectivity index (χ3n) is 4.16. The van der Waals surface area contributed by atoms with Crippen LogP contribution in [0.5, 0.6) is 17.2 Å². The Kier molecular flexibility index (Phi) is 5.18.